The zero-order valence-electron chi connectivity index (χ0n) is 11.6. The number of carbonyl (C=O) groups excluding carboxylic acids is 2. The fourth-order valence-electron chi connectivity index (χ4n) is 2.10. The lowest BCUT2D eigenvalue weighted by molar-refractivity contribution is -0.116. The van der Waals surface area contributed by atoms with Crippen LogP contribution in [-0.2, 0) is 4.79 Å². The molecule has 112 valence electrons. The van der Waals surface area contributed by atoms with Gasteiger partial charge in [-0.05, 0) is 42.5 Å². The van der Waals surface area contributed by atoms with Gasteiger partial charge in [-0.15, -0.1) is 0 Å². The number of hydrogen-bond acceptors (Lipinski definition) is 3. The average Bonchev–Trinajstić information content (AvgIpc) is 2.69. The SMILES string of the molecule is O=C1CCOc2ccc(C(=O)Nc3ccc(Cl)cc3)cc2N1. The maximum Gasteiger partial charge on any atom is 0.255 e. The van der Waals surface area contributed by atoms with E-state index in [9.17, 15) is 9.59 Å². The first kappa shape index (κ1) is 14.4. The first-order valence-corrected chi connectivity index (χ1v) is 7.13. The van der Waals surface area contributed by atoms with E-state index in [1.165, 1.54) is 0 Å². The molecule has 0 aromatic heterocycles. The molecule has 6 heteroatoms. The van der Waals surface area contributed by atoms with Crippen molar-refractivity contribution in [2.24, 2.45) is 0 Å². The molecule has 3 rings (SSSR count). The van der Waals surface area contributed by atoms with Crippen molar-refractivity contribution in [1.29, 1.82) is 0 Å². The molecule has 2 amide bonds. The van der Waals surface area contributed by atoms with Gasteiger partial charge in [-0.3, -0.25) is 9.59 Å². The van der Waals surface area contributed by atoms with E-state index in [0.717, 1.165) is 0 Å². The number of hydrogen-bond donors (Lipinski definition) is 2. The van der Waals surface area contributed by atoms with Crippen LogP contribution in [0, 0.1) is 0 Å². The average molecular weight is 317 g/mol. The molecule has 22 heavy (non-hydrogen) atoms. The van der Waals surface area contributed by atoms with E-state index in [1.807, 2.05) is 0 Å². The van der Waals surface area contributed by atoms with Gasteiger partial charge in [-0.1, -0.05) is 11.6 Å². The summed E-state index contributed by atoms with van der Waals surface area (Å²) >= 11 is 5.81. The Labute approximate surface area is 132 Å². The van der Waals surface area contributed by atoms with E-state index >= 15 is 0 Å². The van der Waals surface area contributed by atoms with Gasteiger partial charge < -0.3 is 15.4 Å². The van der Waals surface area contributed by atoms with Gasteiger partial charge in [-0.25, -0.2) is 0 Å². The molecule has 0 atom stereocenters. The number of carbonyl (C=O) groups is 2. The highest BCUT2D eigenvalue weighted by atomic mass is 35.5. The van der Waals surface area contributed by atoms with Crippen molar-refractivity contribution in [2.45, 2.75) is 6.42 Å². The quantitative estimate of drug-likeness (QED) is 0.893. The van der Waals surface area contributed by atoms with Gasteiger partial charge in [0.1, 0.15) is 5.75 Å². The molecule has 0 saturated carbocycles. The summed E-state index contributed by atoms with van der Waals surface area (Å²) in [6.45, 7) is 0.329. The molecule has 0 saturated heterocycles. The lowest BCUT2D eigenvalue weighted by Gasteiger charge is -2.10. The second kappa shape index (κ2) is 6.07. The van der Waals surface area contributed by atoms with Crippen LogP contribution in [0.2, 0.25) is 5.02 Å². The summed E-state index contributed by atoms with van der Waals surface area (Å²) in [6, 6.07) is 11.8. The van der Waals surface area contributed by atoms with Crippen molar-refractivity contribution >= 4 is 34.8 Å². The molecule has 1 aliphatic heterocycles. The second-order valence-electron chi connectivity index (χ2n) is 4.82. The topological polar surface area (TPSA) is 67.4 Å². The van der Waals surface area contributed by atoms with Crippen LogP contribution in [0.1, 0.15) is 16.8 Å². The molecule has 1 aliphatic rings. The summed E-state index contributed by atoms with van der Waals surface area (Å²) in [5.41, 5.74) is 1.58. The highest BCUT2D eigenvalue weighted by molar-refractivity contribution is 6.30. The maximum absolute atomic E-state index is 12.3. The Morgan fingerprint density at radius 3 is 2.73 bits per heavy atom. The number of nitrogens with one attached hydrogen (secondary N) is 2. The van der Waals surface area contributed by atoms with Crippen molar-refractivity contribution in [3.63, 3.8) is 0 Å². The zero-order valence-corrected chi connectivity index (χ0v) is 12.3. The second-order valence-corrected chi connectivity index (χ2v) is 5.26. The Hall–Kier alpha value is -2.53. The molecule has 2 aromatic carbocycles. The van der Waals surface area contributed by atoms with Crippen LogP contribution in [0.3, 0.4) is 0 Å². The summed E-state index contributed by atoms with van der Waals surface area (Å²) in [4.78, 5) is 23.8. The van der Waals surface area contributed by atoms with Gasteiger partial charge in [0.15, 0.2) is 0 Å². The lowest BCUT2D eigenvalue weighted by Crippen LogP contribution is -2.13. The Bertz CT molecular complexity index is 729. The maximum atomic E-state index is 12.3. The summed E-state index contributed by atoms with van der Waals surface area (Å²) in [7, 11) is 0. The minimum absolute atomic E-state index is 0.131. The van der Waals surface area contributed by atoms with E-state index < -0.39 is 0 Å². The molecule has 5 nitrogen and oxygen atoms in total. The Morgan fingerprint density at radius 1 is 1.18 bits per heavy atom. The Morgan fingerprint density at radius 2 is 1.95 bits per heavy atom. The molecule has 0 aliphatic carbocycles. The standard InChI is InChI=1S/C16H13ClN2O3/c17-11-2-4-12(5-3-11)18-16(21)10-1-6-14-13(9-10)19-15(20)7-8-22-14/h1-6,9H,7-8H2,(H,18,21)(H,19,20). The molecule has 2 N–H and O–H groups in total. The number of anilines is 2. The Balaban J connectivity index is 1.81. The minimum atomic E-state index is -0.274. The fourth-order valence-corrected chi connectivity index (χ4v) is 2.22. The molecular formula is C16H13ClN2O3. The predicted octanol–water partition coefficient (Wildman–Crippen LogP) is 3.31. The van der Waals surface area contributed by atoms with Gasteiger partial charge in [0, 0.05) is 16.3 Å². The van der Waals surface area contributed by atoms with Crippen LogP contribution < -0.4 is 15.4 Å². The number of halogens is 1. The number of rotatable bonds is 2. The highest BCUT2D eigenvalue weighted by Gasteiger charge is 2.16. The monoisotopic (exact) mass is 316 g/mol. The molecule has 0 fully saturated rings. The number of fused-ring (bicyclic) bond motifs is 1. The number of ether oxygens (including phenoxy) is 1. The first-order chi connectivity index (χ1) is 10.6. The smallest absolute Gasteiger partial charge is 0.255 e. The van der Waals surface area contributed by atoms with Crippen LogP contribution in [0.5, 0.6) is 5.75 Å². The summed E-state index contributed by atoms with van der Waals surface area (Å²) in [6.07, 6.45) is 0.293. The van der Waals surface area contributed by atoms with Crippen molar-refractivity contribution in [2.75, 3.05) is 17.2 Å². The van der Waals surface area contributed by atoms with E-state index in [2.05, 4.69) is 10.6 Å². The van der Waals surface area contributed by atoms with Crippen molar-refractivity contribution in [1.82, 2.24) is 0 Å². The molecule has 2 aromatic rings. The van der Waals surface area contributed by atoms with Gasteiger partial charge >= 0.3 is 0 Å². The lowest BCUT2D eigenvalue weighted by atomic mass is 10.1. The highest BCUT2D eigenvalue weighted by Crippen LogP contribution is 2.28. The van der Waals surface area contributed by atoms with Crippen molar-refractivity contribution in [3.8, 4) is 5.75 Å². The van der Waals surface area contributed by atoms with E-state index in [-0.39, 0.29) is 11.8 Å². The van der Waals surface area contributed by atoms with Gasteiger partial charge in [0.2, 0.25) is 5.91 Å². The van der Waals surface area contributed by atoms with Crippen LogP contribution in [0.25, 0.3) is 0 Å². The fraction of sp³-hybridized carbons (Fsp3) is 0.125. The first-order valence-electron chi connectivity index (χ1n) is 6.75. The molecular weight excluding hydrogens is 304 g/mol. The molecule has 0 radical (unpaired) electrons. The van der Waals surface area contributed by atoms with E-state index in [1.54, 1.807) is 42.5 Å². The molecule has 0 unspecified atom stereocenters. The zero-order chi connectivity index (χ0) is 15.5. The van der Waals surface area contributed by atoms with Crippen LogP contribution in [0.15, 0.2) is 42.5 Å². The van der Waals surface area contributed by atoms with Crippen LogP contribution in [-0.4, -0.2) is 18.4 Å². The van der Waals surface area contributed by atoms with Crippen molar-refractivity contribution in [3.05, 3.63) is 53.1 Å². The van der Waals surface area contributed by atoms with Gasteiger partial charge in [-0.2, -0.15) is 0 Å². The molecule has 0 spiro atoms. The minimum Gasteiger partial charge on any atom is -0.491 e. The van der Waals surface area contributed by atoms with E-state index in [4.69, 9.17) is 16.3 Å². The van der Waals surface area contributed by atoms with Crippen molar-refractivity contribution < 1.29 is 14.3 Å². The summed E-state index contributed by atoms with van der Waals surface area (Å²) in [5, 5.41) is 6.10. The summed E-state index contributed by atoms with van der Waals surface area (Å²) in [5.74, 6) is 0.159. The Kier molecular flexibility index (Phi) is 3.98. The van der Waals surface area contributed by atoms with Crippen LogP contribution >= 0.6 is 11.6 Å². The molecule has 0 bridgehead atoms. The number of benzene rings is 2. The predicted molar refractivity (Wildman–Crippen MR) is 84.6 cm³/mol. The largest absolute Gasteiger partial charge is 0.491 e. The third kappa shape index (κ3) is 3.20. The number of amides is 2. The van der Waals surface area contributed by atoms with E-state index in [0.29, 0.717) is 40.7 Å². The molecule has 1 heterocycles. The third-order valence-corrected chi connectivity index (χ3v) is 3.46. The van der Waals surface area contributed by atoms with Gasteiger partial charge in [0.25, 0.3) is 5.91 Å². The van der Waals surface area contributed by atoms with Crippen LogP contribution in [0.4, 0.5) is 11.4 Å². The summed E-state index contributed by atoms with van der Waals surface area (Å²) < 4.78 is 5.46. The van der Waals surface area contributed by atoms with Gasteiger partial charge in [0.05, 0.1) is 18.7 Å². The third-order valence-electron chi connectivity index (χ3n) is 3.20. The normalized spacial score (nSPS) is 13.4.